The Balaban J connectivity index is 1.98. The molecule has 152 valence electrons. The fraction of sp³-hybridized carbons (Fsp3) is 0.500. The van der Waals surface area contributed by atoms with Crippen LogP contribution < -0.4 is 4.74 Å². The highest BCUT2D eigenvalue weighted by Gasteiger charge is 2.40. The van der Waals surface area contributed by atoms with Crippen molar-refractivity contribution in [1.29, 1.82) is 0 Å². The molecule has 0 radical (unpaired) electrons. The molecule has 4 nitrogen and oxygen atoms in total. The standard InChI is InChI=1S/C24H33NO3/c1-3-4-14-24(26,21-10-12-22(27-2)13-11-21)23(20-8-6-5-7-9-20)19-25-15-17-28-18-16-25/h5-13,23,26H,3-4,14-19H2,1-2H3/t23-,24-/m1/s1. The topological polar surface area (TPSA) is 41.9 Å². The van der Waals surface area contributed by atoms with Gasteiger partial charge in [-0.2, -0.15) is 0 Å². The Hall–Kier alpha value is -1.88. The molecule has 3 rings (SSSR count). The highest BCUT2D eigenvalue weighted by molar-refractivity contribution is 5.35. The monoisotopic (exact) mass is 383 g/mol. The van der Waals surface area contributed by atoms with E-state index in [2.05, 4.69) is 36.1 Å². The molecule has 1 N–H and O–H groups in total. The molecule has 2 atom stereocenters. The molecule has 1 fully saturated rings. The Morgan fingerprint density at radius 1 is 1.07 bits per heavy atom. The number of morpholine rings is 1. The van der Waals surface area contributed by atoms with Crippen molar-refractivity contribution in [3.05, 3.63) is 65.7 Å². The van der Waals surface area contributed by atoms with Gasteiger partial charge >= 0.3 is 0 Å². The van der Waals surface area contributed by atoms with Crippen LogP contribution in [0.1, 0.15) is 43.2 Å². The van der Waals surface area contributed by atoms with Gasteiger partial charge in [0.25, 0.3) is 0 Å². The minimum atomic E-state index is -0.929. The molecule has 0 unspecified atom stereocenters. The first-order valence-electron chi connectivity index (χ1n) is 10.4. The van der Waals surface area contributed by atoms with Crippen molar-refractivity contribution in [3.8, 4) is 5.75 Å². The number of aliphatic hydroxyl groups is 1. The maximum absolute atomic E-state index is 12.1. The van der Waals surface area contributed by atoms with E-state index in [4.69, 9.17) is 9.47 Å². The van der Waals surface area contributed by atoms with Crippen LogP contribution in [0.2, 0.25) is 0 Å². The van der Waals surface area contributed by atoms with Crippen LogP contribution in [0.5, 0.6) is 5.75 Å². The van der Waals surface area contributed by atoms with Crippen molar-refractivity contribution in [2.75, 3.05) is 40.0 Å². The maximum Gasteiger partial charge on any atom is 0.118 e. The molecule has 1 aliphatic rings. The van der Waals surface area contributed by atoms with Crippen molar-refractivity contribution in [2.45, 2.75) is 37.7 Å². The van der Waals surface area contributed by atoms with Crippen LogP contribution in [0.4, 0.5) is 0 Å². The first kappa shape index (κ1) is 20.8. The van der Waals surface area contributed by atoms with Crippen molar-refractivity contribution in [3.63, 3.8) is 0 Å². The van der Waals surface area contributed by atoms with Crippen LogP contribution in [0.25, 0.3) is 0 Å². The Morgan fingerprint density at radius 3 is 2.36 bits per heavy atom. The van der Waals surface area contributed by atoms with E-state index < -0.39 is 5.60 Å². The summed E-state index contributed by atoms with van der Waals surface area (Å²) in [5.41, 5.74) is 1.22. The third kappa shape index (κ3) is 4.93. The zero-order valence-electron chi connectivity index (χ0n) is 17.1. The van der Waals surface area contributed by atoms with Gasteiger partial charge in [-0.25, -0.2) is 0 Å². The minimum absolute atomic E-state index is 0.00764. The van der Waals surface area contributed by atoms with Crippen molar-refractivity contribution >= 4 is 0 Å². The van der Waals surface area contributed by atoms with Crippen LogP contribution in [0.15, 0.2) is 54.6 Å². The Labute approximate surface area is 169 Å². The molecule has 0 aromatic heterocycles. The van der Waals surface area contributed by atoms with E-state index in [1.807, 2.05) is 30.3 Å². The SMILES string of the molecule is CCCC[C@@](O)(c1ccc(OC)cc1)[C@H](CN1CCOCC1)c1ccccc1. The molecular formula is C24H33NO3. The summed E-state index contributed by atoms with van der Waals surface area (Å²) >= 11 is 0. The van der Waals surface area contributed by atoms with Gasteiger partial charge in [-0.05, 0) is 29.7 Å². The van der Waals surface area contributed by atoms with Gasteiger partial charge in [-0.3, -0.25) is 4.90 Å². The van der Waals surface area contributed by atoms with Gasteiger partial charge in [0.2, 0.25) is 0 Å². The van der Waals surface area contributed by atoms with Crippen molar-refractivity contribution in [1.82, 2.24) is 4.90 Å². The molecule has 1 heterocycles. The second-order valence-electron chi connectivity index (χ2n) is 7.63. The lowest BCUT2D eigenvalue weighted by molar-refractivity contribution is -0.0293. The van der Waals surface area contributed by atoms with Crippen molar-refractivity contribution < 1.29 is 14.6 Å². The number of unbranched alkanes of at least 4 members (excludes halogenated alkanes) is 1. The van der Waals surface area contributed by atoms with E-state index in [1.54, 1.807) is 7.11 Å². The van der Waals surface area contributed by atoms with Gasteiger partial charge < -0.3 is 14.6 Å². The van der Waals surface area contributed by atoms with Crippen LogP contribution in [0, 0.1) is 0 Å². The smallest absolute Gasteiger partial charge is 0.118 e. The molecule has 2 aromatic rings. The zero-order chi connectivity index (χ0) is 19.8. The minimum Gasteiger partial charge on any atom is -0.497 e. The Morgan fingerprint density at radius 2 is 1.75 bits per heavy atom. The van der Waals surface area contributed by atoms with E-state index in [-0.39, 0.29) is 5.92 Å². The second kappa shape index (κ2) is 10.1. The lowest BCUT2D eigenvalue weighted by atomic mass is 9.74. The summed E-state index contributed by atoms with van der Waals surface area (Å²) in [7, 11) is 1.67. The van der Waals surface area contributed by atoms with E-state index in [0.717, 1.165) is 63.4 Å². The molecule has 0 saturated carbocycles. The molecule has 0 spiro atoms. The highest BCUT2D eigenvalue weighted by Crippen LogP contribution is 2.42. The molecular weight excluding hydrogens is 350 g/mol. The first-order valence-corrected chi connectivity index (χ1v) is 10.4. The molecule has 2 aromatic carbocycles. The summed E-state index contributed by atoms with van der Waals surface area (Å²) < 4.78 is 10.9. The molecule has 1 saturated heterocycles. The summed E-state index contributed by atoms with van der Waals surface area (Å²) in [6.07, 6.45) is 2.77. The van der Waals surface area contributed by atoms with E-state index in [9.17, 15) is 5.11 Å². The summed E-state index contributed by atoms with van der Waals surface area (Å²) in [6.45, 7) is 6.34. The molecule has 0 amide bonds. The van der Waals surface area contributed by atoms with E-state index >= 15 is 0 Å². The largest absolute Gasteiger partial charge is 0.497 e. The average Bonchev–Trinajstić information content (AvgIpc) is 2.77. The van der Waals surface area contributed by atoms with Gasteiger partial charge in [0.15, 0.2) is 0 Å². The Bertz CT molecular complexity index is 698. The fourth-order valence-electron chi connectivity index (χ4n) is 4.11. The average molecular weight is 384 g/mol. The number of rotatable bonds is 9. The van der Waals surface area contributed by atoms with Crippen LogP contribution in [0.3, 0.4) is 0 Å². The van der Waals surface area contributed by atoms with Gasteiger partial charge in [0.05, 0.1) is 25.9 Å². The molecule has 28 heavy (non-hydrogen) atoms. The fourth-order valence-corrected chi connectivity index (χ4v) is 4.11. The van der Waals surface area contributed by atoms with Crippen LogP contribution >= 0.6 is 0 Å². The van der Waals surface area contributed by atoms with Crippen LogP contribution in [-0.4, -0.2) is 50.0 Å². The highest BCUT2D eigenvalue weighted by atomic mass is 16.5. The number of hydrogen-bond acceptors (Lipinski definition) is 4. The quantitative estimate of drug-likeness (QED) is 0.705. The third-order valence-electron chi connectivity index (χ3n) is 5.82. The van der Waals surface area contributed by atoms with E-state index in [1.165, 1.54) is 5.56 Å². The predicted octanol–water partition coefficient (Wildman–Crippen LogP) is 4.19. The summed E-state index contributed by atoms with van der Waals surface area (Å²) in [5, 5.41) is 12.1. The van der Waals surface area contributed by atoms with Crippen LogP contribution in [-0.2, 0) is 10.3 Å². The third-order valence-corrected chi connectivity index (χ3v) is 5.82. The lowest BCUT2D eigenvalue weighted by Gasteiger charge is -2.41. The van der Waals surface area contributed by atoms with Gasteiger partial charge in [-0.15, -0.1) is 0 Å². The normalized spacial score (nSPS) is 18.4. The van der Waals surface area contributed by atoms with Crippen molar-refractivity contribution in [2.24, 2.45) is 0 Å². The zero-order valence-corrected chi connectivity index (χ0v) is 17.1. The summed E-state index contributed by atoms with van der Waals surface area (Å²) in [5.74, 6) is 0.803. The summed E-state index contributed by atoms with van der Waals surface area (Å²) in [4.78, 5) is 2.42. The molecule has 4 heteroatoms. The number of benzene rings is 2. The molecule has 0 aliphatic carbocycles. The first-order chi connectivity index (χ1) is 13.7. The lowest BCUT2D eigenvalue weighted by Crippen LogP contribution is -2.45. The molecule has 0 bridgehead atoms. The number of methoxy groups -OCH3 is 1. The number of nitrogens with zero attached hydrogens (tertiary/aromatic N) is 1. The van der Waals surface area contributed by atoms with E-state index in [0.29, 0.717) is 0 Å². The van der Waals surface area contributed by atoms with Gasteiger partial charge in [0, 0.05) is 25.6 Å². The molecule has 1 aliphatic heterocycles. The second-order valence-corrected chi connectivity index (χ2v) is 7.63. The Kier molecular flexibility index (Phi) is 7.49. The predicted molar refractivity (Wildman–Crippen MR) is 113 cm³/mol. The number of ether oxygens (including phenoxy) is 2. The summed E-state index contributed by atoms with van der Waals surface area (Å²) in [6, 6.07) is 18.4. The van der Waals surface area contributed by atoms with Gasteiger partial charge in [0.1, 0.15) is 5.75 Å². The van der Waals surface area contributed by atoms with Gasteiger partial charge in [-0.1, -0.05) is 62.2 Å². The maximum atomic E-state index is 12.1. The number of hydrogen-bond donors (Lipinski definition) is 1.